The number of nitrogens with two attached hydrogens (primary N) is 1. The van der Waals surface area contributed by atoms with Crippen LogP contribution in [0.1, 0.15) is 5.56 Å². The zero-order valence-electron chi connectivity index (χ0n) is 13.9. The topological polar surface area (TPSA) is 115 Å². The maximum Gasteiger partial charge on any atom is 0.269 e. The summed E-state index contributed by atoms with van der Waals surface area (Å²) in [5.74, 6) is 0.314. The summed E-state index contributed by atoms with van der Waals surface area (Å²) < 4.78 is 5.15. The summed E-state index contributed by atoms with van der Waals surface area (Å²) in [4.78, 5) is 14.4. The van der Waals surface area contributed by atoms with Gasteiger partial charge in [0, 0.05) is 42.7 Å². The monoisotopic (exact) mass is 343 g/mol. The molecule has 132 valence electrons. The molecule has 0 atom stereocenters. The third-order valence-electron chi connectivity index (χ3n) is 3.38. The van der Waals surface area contributed by atoms with Crippen molar-refractivity contribution in [3.8, 4) is 0 Å². The molecule has 2 aromatic carbocycles. The number of hydrogen-bond donors (Lipinski definition) is 3. The van der Waals surface area contributed by atoms with Crippen molar-refractivity contribution < 1.29 is 9.66 Å². The minimum Gasteiger partial charge on any atom is -0.383 e. The number of anilines is 2. The van der Waals surface area contributed by atoms with Gasteiger partial charge in [0.25, 0.3) is 5.69 Å². The first kappa shape index (κ1) is 18.2. The maximum absolute atomic E-state index is 10.6. The smallest absolute Gasteiger partial charge is 0.269 e. The zero-order chi connectivity index (χ0) is 18.1. The number of benzene rings is 2. The average Bonchev–Trinajstić information content (AvgIpc) is 2.61. The van der Waals surface area contributed by atoms with Crippen molar-refractivity contribution >= 4 is 23.0 Å². The van der Waals surface area contributed by atoms with Crippen LogP contribution in [0.3, 0.4) is 0 Å². The molecule has 0 bridgehead atoms. The van der Waals surface area contributed by atoms with E-state index in [-0.39, 0.29) is 5.69 Å². The Kier molecular flexibility index (Phi) is 6.73. The van der Waals surface area contributed by atoms with E-state index in [9.17, 15) is 10.1 Å². The maximum atomic E-state index is 10.6. The number of nitro benzene ring substituents is 1. The molecule has 0 spiro atoms. The quantitative estimate of drug-likeness (QED) is 0.223. The third-order valence-corrected chi connectivity index (χ3v) is 3.38. The Morgan fingerprint density at radius 2 is 1.96 bits per heavy atom. The van der Waals surface area contributed by atoms with Gasteiger partial charge in [-0.25, -0.2) is 0 Å². The first-order valence-electron chi connectivity index (χ1n) is 7.72. The normalized spacial score (nSPS) is 11.2. The van der Waals surface area contributed by atoms with Crippen molar-refractivity contribution in [1.82, 2.24) is 0 Å². The van der Waals surface area contributed by atoms with E-state index in [0.717, 1.165) is 16.9 Å². The van der Waals surface area contributed by atoms with E-state index in [0.29, 0.717) is 25.7 Å². The molecular weight excluding hydrogens is 322 g/mol. The summed E-state index contributed by atoms with van der Waals surface area (Å²) in [6, 6.07) is 13.9. The van der Waals surface area contributed by atoms with Gasteiger partial charge in [-0.3, -0.25) is 15.1 Å². The lowest BCUT2D eigenvalue weighted by molar-refractivity contribution is -0.384. The van der Waals surface area contributed by atoms with Crippen LogP contribution in [0.25, 0.3) is 0 Å². The number of nitrogens with one attached hydrogen (secondary N) is 2. The first-order chi connectivity index (χ1) is 12.1. The van der Waals surface area contributed by atoms with Crippen molar-refractivity contribution in [2.24, 2.45) is 10.7 Å². The molecule has 0 heterocycles. The number of para-hydroxylation sites is 1. The summed E-state index contributed by atoms with van der Waals surface area (Å²) in [6.07, 6.45) is 0. The fourth-order valence-corrected chi connectivity index (χ4v) is 2.18. The lowest BCUT2D eigenvalue weighted by Gasteiger charge is -2.11. The van der Waals surface area contributed by atoms with E-state index in [1.807, 2.05) is 24.3 Å². The molecule has 0 amide bonds. The molecule has 0 aliphatic carbocycles. The molecule has 2 rings (SSSR count). The van der Waals surface area contributed by atoms with Crippen LogP contribution in [0.4, 0.5) is 17.1 Å². The van der Waals surface area contributed by atoms with Crippen LogP contribution >= 0.6 is 0 Å². The van der Waals surface area contributed by atoms with E-state index in [1.54, 1.807) is 19.2 Å². The molecule has 2 aromatic rings. The fraction of sp³-hybridized carbons (Fsp3) is 0.235. The molecule has 0 aliphatic heterocycles. The highest BCUT2D eigenvalue weighted by Crippen LogP contribution is 2.16. The van der Waals surface area contributed by atoms with Crippen LogP contribution in [-0.2, 0) is 11.3 Å². The highest BCUT2D eigenvalue weighted by atomic mass is 16.6. The fourth-order valence-electron chi connectivity index (χ4n) is 2.18. The van der Waals surface area contributed by atoms with Crippen molar-refractivity contribution in [3.63, 3.8) is 0 Å². The number of nitrogens with zero attached hydrogens (tertiary/aromatic N) is 2. The third kappa shape index (κ3) is 5.78. The number of methoxy groups -OCH3 is 1. The molecule has 25 heavy (non-hydrogen) atoms. The molecule has 0 radical (unpaired) electrons. The standard InChI is InChI=1S/C17H21N5O3/c1-25-12-13-4-2-3-5-16(13)21-17(18)20-11-10-19-14-6-8-15(9-7-14)22(23)24/h2-9,19H,10-12H2,1H3,(H3,18,20,21). The van der Waals surface area contributed by atoms with Gasteiger partial charge in [-0.15, -0.1) is 0 Å². The van der Waals surface area contributed by atoms with Crippen molar-refractivity contribution in [1.29, 1.82) is 0 Å². The summed E-state index contributed by atoms with van der Waals surface area (Å²) in [6.45, 7) is 1.50. The van der Waals surface area contributed by atoms with Gasteiger partial charge < -0.3 is 21.1 Å². The van der Waals surface area contributed by atoms with Gasteiger partial charge in [0.1, 0.15) is 0 Å². The van der Waals surface area contributed by atoms with Crippen molar-refractivity contribution in [2.75, 3.05) is 30.8 Å². The molecular formula is C17H21N5O3. The Morgan fingerprint density at radius 1 is 1.24 bits per heavy atom. The molecule has 8 heteroatoms. The van der Waals surface area contributed by atoms with Gasteiger partial charge >= 0.3 is 0 Å². The minimum absolute atomic E-state index is 0.0618. The number of rotatable bonds is 8. The van der Waals surface area contributed by atoms with E-state index in [2.05, 4.69) is 15.6 Å². The van der Waals surface area contributed by atoms with Crippen LogP contribution < -0.4 is 16.4 Å². The summed E-state index contributed by atoms with van der Waals surface area (Å²) in [7, 11) is 1.64. The molecule has 0 aromatic heterocycles. The van der Waals surface area contributed by atoms with E-state index < -0.39 is 4.92 Å². The molecule has 0 saturated carbocycles. The lowest BCUT2D eigenvalue weighted by atomic mass is 10.2. The predicted octanol–water partition coefficient (Wildman–Crippen LogP) is 2.58. The molecule has 0 aliphatic rings. The number of ether oxygens (including phenoxy) is 1. The van der Waals surface area contributed by atoms with E-state index in [1.165, 1.54) is 12.1 Å². The highest BCUT2D eigenvalue weighted by Gasteiger charge is 2.04. The van der Waals surface area contributed by atoms with Crippen LogP contribution in [0.2, 0.25) is 0 Å². The summed E-state index contributed by atoms with van der Waals surface area (Å²) in [5, 5.41) is 16.8. The van der Waals surface area contributed by atoms with Crippen molar-refractivity contribution in [3.05, 3.63) is 64.2 Å². The highest BCUT2D eigenvalue weighted by molar-refractivity contribution is 5.92. The van der Waals surface area contributed by atoms with Gasteiger partial charge in [-0.2, -0.15) is 0 Å². The van der Waals surface area contributed by atoms with E-state index >= 15 is 0 Å². The van der Waals surface area contributed by atoms with Gasteiger partial charge in [0.2, 0.25) is 0 Å². The summed E-state index contributed by atoms with van der Waals surface area (Å²) in [5.41, 5.74) is 8.60. The Morgan fingerprint density at radius 3 is 2.64 bits per heavy atom. The molecule has 0 saturated heterocycles. The number of hydrogen-bond acceptors (Lipinski definition) is 5. The van der Waals surface area contributed by atoms with Crippen LogP contribution in [0, 0.1) is 10.1 Å². The SMILES string of the molecule is COCc1ccccc1NC(N)=NCCNc1ccc([N+](=O)[O-])cc1. The van der Waals surface area contributed by atoms with E-state index in [4.69, 9.17) is 10.5 Å². The van der Waals surface area contributed by atoms with Gasteiger partial charge in [0.15, 0.2) is 5.96 Å². The minimum atomic E-state index is -0.429. The molecule has 4 N–H and O–H groups in total. The van der Waals surface area contributed by atoms with Crippen molar-refractivity contribution in [2.45, 2.75) is 6.61 Å². The number of nitro groups is 1. The first-order valence-corrected chi connectivity index (χ1v) is 7.72. The zero-order valence-corrected chi connectivity index (χ0v) is 13.9. The van der Waals surface area contributed by atoms with Gasteiger partial charge in [0.05, 0.1) is 18.1 Å². The van der Waals surface area contributed by atoms with Crippen LogP contribution in [-0.4, -0.2) is 31.1 Å². The molecule has 0 unspecified atom stereocenters. The largest absolute Gasteiger partial charge is 0.383 e. The predicted molar refractivity (Wildman–Crippen MR) is 98.9 cm³/mol. The second-order valence-electron chi connectivity index (χ2n) is 5.21. The Labute approximate surface area is 145 Å². The number of aliphatic imine (C=N–C) groups is 1. The Balaban J connectivity index is 1.82. The molecule has 8 nitrogen and oxygen atoms in total. The molecule has 0 fully saturated rings. The Hall–Kier alpha value is -3.13. The second-order valence-corrected chi connectivity index (χ2v) is 5.21. The lowest BCUT2D eigenvalue weighted by Crippen LogP contribution is -2.24. The average molecular weight is 343 g/mol. The van der Waals surface area contributed by atoms with Crippen LogP contribution in [0.15, 0.2) is 53.5 Å². The van der Waals surface area contributed by atoms with Gasteiger partial charge in [-0.05, 0) is 18.2 Å². The number of guanidine groups is 1. The second kappa shape index (κ2) is 9.24. The van der Waals surface area contributed by atoms with Crippen LogP contribution in [0.5, 0.6) is 0 Å². The summed E-state index contributed by atoms with van der Waals surface area (Å²) >= 11 is 0. The van der Waals surface area contributed by atoms with Gasteiger partial charge in [-0.1, -0.05) is 18.2 Å². The number of non-ortho nitro benzene ring substituents is 1. The Bertz CT molecular complexity index is 731.